The molecule has 1 aromatic carbocycles. The Morgan fingerprint density at radius 2 is 1.85 bits per heavy atom. The van der Waals surface area contributed by atoms with E-state index in [0.29, 0.717) is 18.0 Å². The molecule has 5 nitrogen and oxygen atoms in total. The summed E-state index contributed by atoms with van der Waals surface area (Å²) in [7, 11) is 0. The van der Waals surface area contributed by atoms with Crippen LogP contribution in [0.3, 0.4) is 0 Å². The maximum atomic E-state index is 11.9. The topological polar surface area (TPSA) is 82.0 Å². The van der Waals surface area contributed by atoms with Crippen LogP contribution in [0.5, 0.6) is 0 Å². The number of hydrogen-bond donors (Lipinski definition) is 2. The molecule has 0 saturated carbocycles. The summed E-state index contributed by atoms with van der Waals surface area (Å²) in [6, 6.07) is 10.7. The van der Waals surface area contributed by atoms with E-state index in [2.05, 4.69) is 10.6 Å². The predicted molar refractivity (Wildman–Crippen MR) is 75.7 cm³/mol. The normalized spacial score (nSPS) is 11.5. The van der Waals surface area contributed by atoms with Gasteiger partial charge in [-0.3, -0.25) is 9.59 Å². The molecule has 0 aliphatic rings. The molecule has 20 heavy (non-hydrogen) atoms. The average Bonchev–Trinajstić information content (AvgIpc) is 2.45. The third-order valence-electron chi connectivity index (χ3n) is 2.65. The molecule has 0 heterocycles. The summed E-state index contributed by atoms with van der Waals surface area (Å²) < 4.78 is 0. The number of benzene rings is 1. The van der Waals surface area contributed by atoms with Crippen LogP contribution >= 0.6 is 0 Å². The molecule has 5 heteroatoms. The van der Waals surface area contributed by atoms with Gasteiger partial charge in [-0.25, -0.2) is 0 Å². The first-order chi connectivity index (χ1) is 9.54. The Kier molecular flexibility index (Phi) is 6.24. The van der Waals surface area contributed by atoms with Crippen LogP contribution in [0, 0.1) is 17.2 Å². The highest BCUT2D eigenvalue weighted by molar-refractivity contribution is 5.90. The number of carbonyl (C=O) groups is 2. The van der Waals surface area contributed by atoms with Crippen LogP contribution < -0.4 is 10.6 Å². The number of hydrogen-bond acceptors (Lipinski definition) is 3. The van der Waals surface area contributed by atoms with Crippen LogP contribution in [0.15, 0.2) is 30.3 Å². The second-order valence-electron chi connectivity index (χ2n) is 4.89. The summed E-state index contributed by atoms with van der Waals surface area (Å²) in [5.41, 5.74) is 0.620. The summed E-state index contributed by atoms with van der Waals surface area (Å²) in [6.45, 7) is 4.42. The van der Waals surface area contributed by atoms with Crippen molar-refractivity contribution in [2.45, 2.75) is 19.8 Å². The molecule has 0 saturated heterocycles. The zero-order valence-corrected chi connectivity index (χ0v) is 11.7. The Morgan fingerprint density at radius 3 is 2.40 bits per heavy atom. The van der Waals surface area contributed by atoms with E-state index in [1.54, 1.807) is 24.3 Å². The quantitative estimate of drug-likeness (QED) is 0.816. The third kappa shape index (κ3) is 5.11. The Bertz CT molecular complexity index is 492. The molecule has 0 fully saturated rings. The Labute approximate surface area is 119 Å². The molecule has 2 amide bonds. The van der Waals surface area contributed by atoms with Crippen molar-refractivity contribution in [1.29, 1.82) is 5.26 Å². The molecule has 2 N–H and O–H groups in total. The van der Waals surface area contributed by atoms with Crippen molar-refractivity contribution >= 4 is 11.8 Å². The molecule has 0 aromatic heterocycles. The van der Waals surface area contributed by atoms with Gasteiger partial charge in [-0.15, -0.1) is 0 Å². The zero-order chi connectivity index (χ0) is 15.0. The fourth-order valence-electron chi connectivity index (χ4n) is 1.58. The van der Waals surface area contributed by atoms with Gasteiger partial charge in [0.25, 0.3) is 0 Å². The lowest BCUT2D eigenvalue weighted by Crippen LogP contribution is -2.39. The van der Waals surface area contributed by atoms with Crippen molar-refractivity contribution in [3.63, 3.8) is 0 Å². The molecule has 1 rings (SSSR count). The monoisotopic (exact) mass is 273 g/mol. The van der Waals surface area contributed by atoms with Gasteiger partial charge in [-0.2, -0.15) is 5.26 Å². The van der Waals surface area contributed by atoms with Gasteiger partial charge < -0.3 is 10.6 Å². The number of nitrogens with zero attached hydrogens (tertiary/aromatic N) is 1. The summed E-state index contributed by atoms with van der Waals surface area (Å²) in [5, 5.41) is 14.3. The van der Waals surface area contributed by atoms with Crippen molar-refractivity contribution < 1.29 is 9.59 Å². The Hall–Kier alpha value is -2.35. The van der Waals surface area contributed by atoms with Crippen LogP contribution in [0.2, 0.25) is 0 Å². The first kappa shape index (κ1) is 15.7. The van der Waals surface area contributed by atoms with Gasteiger partial charge in [0, 0.05) is 6.54 Å². The molecule has 0 aliphatic carbocycles. The number of carbonyl (C=O) groups excluding carboxylic acids is 2. The van der Waals surface area contributed by atoms with E-state index in [1.807, 2.05) is 26.0 Å². The van der Waals surface area contributed by atoms with Gasteiger partial charge in [0.1, 0.15) is 5.92 Å². The molecular formula is C15H19N3O2. The number of nitriles is 1. The molecule has 1 unspecified atom stereocenters. The minimum atomic E-state index is -0.894. The maximum absolute atomic E-state index is 11.9. The highest BCUT2D eigenvalue weighted by atomic mass is 16.2. The largest absolute Gasteiger partial charge is 0.354 e. The molecule has 0 radical (unpaired) electrons. The van der Waals surface area contributed by atoms with Crippen LogP contribution in [-0.4, -0.2) is 24.9 Å². The summed E-state index contributed by atoms with van der Waals surface area (Å²) in [4.78, 5) is 23.4. The van der Waals surface area contributed by atoms with E-state index in [4.69, 9.17) is 5.26 Å². The summed E-state index contributed by atoms with van der Waals surface area (Å²) in [5.74, 6) is -1.25. The number of amides is 2. The molecule has 0 aliphatic heterocycles. The number of rotatable bonds is 6. The fraction of sp³-hybridized carbons (Fsp3) is 0.400. The minimum absolute atomic E-state index is 0.115. The molecule has 1 aromatic rings. The van der Waals surface area contributed by atoms with Gasteiger partial charge in [0.2, 0.25) is 11.8 Å². The van der Waals surface area contributed by atoms with Crippen molar-refractivity contribution in [2.75, 3.05) is 13.1 Å². The predicted octanol–water partition coefficient (Wildman–Crippen LogP) is 1.18. The molecular weight excluding hydrogens is 254 g/mol. The number of nitrogens with one attached hydrogen (secondary N) is 2. The zero-order valence-electron chi connectivity index (χ0n) is 11.7. The highest BCUT2D eigenvalue weighted by Crippen LogP contribution is 2.14. The van der Waals surface area contributed by atoms with E-state index >= 15 is 0 Å². The Balaban J connectivity index is 2.49. The first-order valence-corrected chi connectivity index (χ1v) is 6.53. The second-order valence-corrected chi connectivity index (χ2v) is 4.89. The van der Waals surface area contributed by atoms with E-state index in [9.17, 15) is 9.59 Å². The van der Waals surface area contributed by atoms with E-state index in [-0.39, 0.29) is 12.5 Å². The lowest BCUT2D eigenvalue weighted by molar-refractivity contribution is -0.126. The van der Waals surface area contributed by atoms with Crippen LogP contribution in [0.1, 0.15) is 25.3 Å². The van der Waals surface area contributed by atoms with Gasteiger partial charge >= 0.3 is 0 Å². The van der Waals surface area contributed by atoms with E-state index < -0.39 is 11.8 Å². The Morgan fingerprint density at radius 1 is 1.20 bits per heavy atom. The maximum Gasteiger partial charge on any atom is 0.242 e. The average molecular weight is 273 g/mol. The van der Waals surface area contributed by atoms with Crippen molar-refractivity contribution in [3.05, 3.63) is 35.9 Å². The lowest BCUT2D eigenvalue weighted by atomic mass is 10.00. The van der Waals surface area contributed by atoms with Gasteiger partial charge in [-0.05, 0) is 11.5 Å². The summed E-state index contributed by atoms with van der Waals surface area (Å²) >= 11 is 0. The van der Waals surface area contributed by atoms with Crippen LogP contribution in [0.4, 0.5) is 0 Å². The molecule has 106 valence electrons. The molecule has 0 bridgehead atoms. The van der Waals surface area contributed by atoms with E-state index in [1.165, 1.54) is 0 Å². The lowest BCUT2D eigenvalue weighted by Gasteiger charge is -2.11. The van der Waals surface area contributed by atoms with Gasteiger partial charge in [-0.1, -0.05) is 44.2 Å². The van der Waals surface area contributed by atoms with Crippen LogP contribution in [-0.2, 0) is 9.59 Å². The third-order valence-corrected chi connectivity index (χ3v) is 2.65. The summed E-state index contributed by atoms with van der Waals surface area (Å²) in [6.07, 6.45) is 0. The molecule has 0 spiro atoms. The van der Waals surface area contributed by atoms with Gasteiger partial charge in [0.05, 0.1) is 12.6 Å². The second kappa shape index (κ2) is 7.95. The van der Waals surface area contributed by atoms with Crippen molar-refractivity contribution in [2.24, 2.45) is 5.92 Å². The van der Waals surface area contributed by atoms with E-state index in [0.717, 1.165) is 0 Å². The van der Waals surface area contributed by atoms with Crippen LogP contribution in [0.25, 0.3) is 0 Å². The van der Waals surface area contributed by atoms with Crippen molar-refractivity contribution in [1.82, 2.24) is 10.6 Å². The fourth-order valence-corrected chi connectivity index (χ4v) is 1.58. The van der Waals surface area contributed by atoms with Gasteiger partial charge in [0.15, 0.2) is 0 Å². The smallest absolute Gasteiger partial charge is 0.242 e. The first-order valence-electron chi connectivity index (χ1n) is 6.53. The standard InChI is InChI=1S/C15H19N3O2/c1-11(2)9-17-14(19)10-18-15(20)13(8-16)12-6-4-3-5-7-12/h3-7,11,13H,9-10H2,1-2H3,(H,17,19)(H,18,20). The minimum Gasteiger partial charge on any atom is -0.354 e. The van der Waals surface area contributed by atoms with Crippen molar-refractivity contribution in [3.8, 4) is 6.07 Å². The SMILES string of the molecule is CC(C)CNC(=O)CNC(=O)C(C#N)c1ccccc1. The molecule has 1 atom stereocenters. The highest BCUT2D eigenvalue weighted by Gasteiger charge is 2.20.